The van der Waals surface area contributed by atoms with E-state index in [9.17, 15) is 9.90 Å². The van der Waals surface area contributed by atoms with Gasteiger partial charge >= 0.3 is 0 Å². The Morgan fingerprint density at radius 3 is 2.75 bits per heavy atom. The summed E-state index contributed by atoms with van der Waals surface area (Å²) in [6.45, 7) is 6.44. The summed E-state index contributed by atoms with van der Waals surface area (Å²) in [6, 6.07) is 5.28. The molecule has 0 bridgehead atoms. The summed E-state index contributed by atoms with van der Waals surface area (Å²) in [6.07, 6.45) is -0.485. The quantitative estimate of drug-likeness (QED) is 0.819. The third kappa shape index (κ3) is 3.98. The van der Waals surface area contributed by atoms with Crippen LogP contribution in [0.15, 0.2) is 18.2 Å². The van der Waals surface area contributed by atoms with Gasteiger partial charge in [-0.15, -0.1) is 0 Å². The lowest BCUT2D eigenvalue weighted by atomic mass is 10.1. The zero-order valence-corrected chi connectivity index (χ0v) is 13.9. The molecule has 7 heteroatoms. The summed E-state index contributed by atoms with van der Waals surface area (Å²) in [5.74, 6) is 1.31. The third-order valence-electron chi connectivity index (χ3n) is 4.26. The number of aliphatic hydroxyl groups is 1. The fourth-order valence-electron chi connectivity index (χ4n) is 2.95. The lowest BCUT2D eigenvalue weighted by Crippen LogP contribution is -2.50. The first-order valence-corrected chi connectivity index (χ1v) is 8.34. The van der Waals surface area contributed by atoms with Gasteiger partial charge in [-0.25, -0.2) is 0 Å². The molecule has 1 amide bonds. The van der Waals surface area contributed by atoms with Crippen molar-refractivity contribution < 1.29 is 24.1 Å². The fraction of sp³-hybridized carbons (Fsp3) is 0.588. The lowest BCUT2D eigenvalue weighted by Gasteiger charge is -2.35. The third-order valence-corrected chi connectivity index (χ3v) is 4.26. The number of ether oxygens (including phenoxy) is 3. The van der Waals surface area contributed by atoms with Crippen LogP contribution in [0.4, 0.5) is 0 Å². The normalized spacial score (nSPS) is 18.7. The number of amides is 1. The molecule has 0 saturated carbocycles. The highest BCUT2D eigenvalue weighted by Gasteiger charge is 2.25. The minimum atomic E-state index is -0.485. The van der Waals surface area contributed by atoms with Crippen LogP contribution in [0.3, 0.4) is 0 Å². The van der Waals surface area contributed by atoms with Crippen LogP contribution in [0.25, 0.3) is 0 Å². The summed E-state index contributed by atoms with van der Waals surface area (Å²) >= 11 is 0. The summed E-state index contributed by atoms with van der Waals surface area (Å²) in [7, 11) is 0. The van der Waals surface area contributed by atoms with Gasteiger partial charge in [-0.1, -0.05) is 0 Å². The van der Waals surface area contributed by atoms with Crippen LogP contribution in [-0.2, 0) is 4.74 Å². The minimum Gasteiger partial charge on any atom is -0.454 e. The number of rotatable bonds is 6. The smallest absolute Gasteiger partial charge is 0.254 e. The Kier molecular flexibility index (Phi) is 5.55. The van der Waals surface area contributed by atoms with E-state index in [4.69, 9.17) is 14.2 Å². The van der Waals surface area contributed by atoms with Crippen molar-refractivity contribution in [3.63, 3.8) is 0 Å². The van der Waals surface area contributed by atoms with E-state index in [0.29, 0.717) is 49.9 Å². The van der Waals surface area contributed by atoms with Gasteiger partial charge < -0.3 is 24.2 Å². The largest absolute Gasteiger partial charge is 0.454 e. The number of carbonyl (C=O) groups excluding carboxylic acids is 1. The Labute approximate surface area is 141 Å². The number of hydrogen-bond donors (Lipinski definition) is 1. The van der Waals surface area contributed by atoms with E-state index in [2.05, 4.69) is 4.90 Å². The Bertz CT molecular complexity index is 572. The molecular formula is C17H24N2O5. The van der Waals surface area contributed by atoms with Crippen molar-refractivity contribution in [2.45, 2.75) is 13.0 Å². The molecule has 1 aromatic carbocycles. The van der Waals surface area contributed by atoms with Gasteiger partial charge in [0.2, 0.25) is 6.79 Å². The van der Waals surface area contributed by atoms with Crippen LogP contribution in [0.2, 0.25) is 0 Å². The van der Waals surface area contributed by atoms with Crippen LogP contribution in [0.5, 0.6) is 11.5 Å². The fourth-order valence-corrected chi connectivity index (χ4v) is 2.95. The van der Waals surface area contributed by atoms with E-state index in [1.54, 1.807) is 18.2 Å². The maximum atomic E-state index is 12.6. The number of carbonyl (C=O) groups is 1. The first-order chi connectivity index (χ1) is 11.7. The molecule has 2 heterocycles. The van der Waals surface area contributed by atoms with Crippen LogP contribution >= 0.6 is 0 Å². The zero-order chi connectivity index (χ0) is 16.9. The van der Waals surface area contributed by atoms with E-state index in [-0.39, 0.29) is 12.7 Å². The summed E-state index contributed by atoms with van der Waals surface area (Å²) in [4.78, 5) is 16.6. The van der Waals surface area contributed by atoms with Crippen molar-refractivity contribution >= 4 is 5.91 Å². The molecule has 1 atom stereocenters. The Morgan fingerprint density at radius 1 is 1.25 bits per heavy atom. The van der Waals surface area contributed by atoms with Gasteiger partial charge in [0.25, 0.3) is 5.91 Å². The van der Waals surface area contributed by atoms with E-state index in [1.165, 1.54) is 0 Å². The van der Waals surface area contributed by atoms with Gasteiger partial charge in [-0.2, -0.15) is 0 Å². The Hall–Kier alpha value is -1.83. The molecular weight excluding hydrogens is 312 g/mol. The van der Waals surface area contributed by atoms with Crippen molar-refractivity contribution in [1.29, 1.82) is 0 Å². The number of benzene rings is 1. The summed E-state index contributed by atoms with van der Waals surface area (Å²) in [5.41, 5.74) is 0.615. The molecule has 3 rings (SSSR count). The Morgan fingerprint density at radius 2 is 2.00 bits per heavy atom. The molecule has 1 saturated heterocycles. The highest BCUT2D eigenvalue weighted by molar-refractivity contribution is 5.95. The second-order valence-electron chi connectivity index (χ2n) is 5.97. The standard InChI is InChI=1S/C17H24N2O5/c1-2-22-11-14(20)10-18-5-7-19(8-6-18)17(21)13-3-4-15-16(9-13)24-12-23-15/h3-4,9,14,20H,2,5-8,10-12H2,1H3. The average molecular weight is 336 g/mol. The molecule has 7 nitrogen and oxygen atoms in total. The predicted octanol–water partition coefficient (Wildman–Crippen LogP) is 0.570. The zero-order valence-electron chi connectivity index (χ0n) is 13.9. The molecule has 24 heavy (non-hydrogen) atoms. The van der Waals surface area contributed by atoms with Crippen molar-refractivity contribution in [3.05, 3.63) is 23.8 Å². The second-order valence-corrected chi connectivity index (χ2v) is 5.97. The molecule has 1 fully saturated rings. The monoisotopic (exact) mass is 336 g/mol. The van der Waals surface area contributed by atoms with E-state index in [1.807, 2.05) is 11.8 Å². The SMILES string of the molecule is CCOCC(O)CN1CCN(C(=O)c2ccc3c(c2)OCO3)CC1. The van der Waals surface area contributed by atoms with Gasteiger partial charge in [-0.05, 0) is 25.1 Å². The molecule has 1 N–H and O–H groups in total. The number of piperazine rings is 1. The minimum absolute atomic E-state index is 0.00261. The predicted molar refractivity (Wildman–Crippen MR) is 87.4 cm³/mol. The highest BCUT2D eigenvalue weighted by Crippen LogP contribution is 2.32. The molecule has 0 aliphatic carbocycles. The lowest BCUT2D eigenvalue weighted by molar-refractivity contribution is 0.0111. The highest BCUT2D eigenvalue weighted by atomic mass is 16.7. The van der Waals surface area contributed by atoms with Gasteiger partial charge in [0.15, 0.2) is 11.5 Å². The average Bonchev–Trinajstić information content (AvgIpc) is 3.07. The maximum Gasteiger partial charge on any atom is 0.254 e. The van der Waals surface area contributed by atoms with Crippen LogP contribution in [0.1, 0.15) is 17.3 Å². The maximum absolute atomic E-state index is 12.6. The Balaban J connectivity index is 1.50. The number of β-amino-alcohol motifs (C(OH)–C–C–N with tert-alkyl or cyclic N) is 1. The van der Waals surface area contributed by atoms with Crippen molar-refractivity contribution in [3.8, 4) is 11.5 Å². The van der Waals surface area contributed by atoms with E-state index in [0.717, 1.165) is 13.1 Å². The van der Waals surface area contributed by atoms with Crippen LogP contribution < -0.4 is 9.47 Å². The first kappa shape index (κ1) is 17.0. The topological polar surface area (TPSA) is 71.5 Å². The number of aliphatic hydroxyl groups excluding tert-OH is 1. The van der Waals surface area contributed by atoms with Crippen molar-refractivity contribution in [2.24, 2.45) is 0 Å². The number of hydrogen-bond acceptors (Lipinski definition) is 6. The summed E-state index contributed by atoms with van der Waals surface area (Å²) < 4.78 is 15.8. The first-order valence-electron chi connectivity index (χ1n) is 8.34. The molecule has 0 radical (unpaired) electrons. The molecule has 0 spiro atoms. The van der Waals surface area contributed by atoms with E-state index >= 15 is 0 Å². The second kappa shape index (κ2) is 7.83. The van der Waals surface area contributed by atoms with E-state index < -0.39 is 6.10 Å². The van der Waals surface area contributed by atoms with Crippen molar-refractivity contribution in [1.82, 2.24) is 9.80 Å². The van der Waals surface area contributed by atoms with Crippen LogP contribution in [-0.4, -0.2) is 79.6 Å². The van der Waals surface area contributed by atoms with Crippen molar-refractivity contribution in [2.75, 3.05) is 52.7 Å². The van der Waals surface area contributed by atoms with Crippen LogP contribution in [0, 0.1) is 0 Å². The van der Waals surface area contributed by atoms with Gasteiger partial charge in [0.1, 0.15) is 0 Å². The molecule has 2 aliphatic heterocycles. The molecule has 1 unspecified atom stereocenters. The summed E-state index contributed by atoms with van der Waals surface area (Å²) in [5, 5.41) is 9.90. The van der Waals surface area contributed by atoms with Gasteiger partial charge in [-0.3, -0.25) is 9.69 Å². The molecule has 1 aromatic rings. The molecule has 132 valence electrons. The van der Waals surface area contributed by atoms with Gasteiger partial charge in [0.05, 0.1) is 12.7 Å². The molecule has 0 aromatic heterocycles. The number of nitrogens with zero attached hydrogens (tertiary/aromatic N) is 2. The number of fused-ring (bicyclic) bond motifs is 1. The van der Waals surface area contributed by atoms with Gasteiger partial charge in [0, 0.05) is 44.9 Å². The molecule has 2 aliphatic rings.